The van der Waals surface area contributed by atoms with Gasteiger partial charge in [0, 0.05) is 6.07 Å². The fraction of sp³-hybridized carbons (Fsp3) is 0.100. The average molecular weight is 203 g/mol. The smallest absolute Gasteiger partial charge is 0.216 e. The first kappa shape index (κ1) is 9.39. The van der Waals surface area contributed by atoms with Crippen molar-refractivity contribution in [1.82, 2.24) is 5.16 Å². The minimum absolute atomic E-state index is 0.200. The van der Waals surface area contributed by atoms with Crippen molar-refractivity contribution < 1.29 is 9.63 Å². The summed E-state index contributed by atoms with van der Waals surface area (Å²) in [7, 11) is 0. The molecule has 5 nitrogen and oxygen atoms in total. The van der Waals surface area contributed by atoms with Crippen molar-refractivity contribution >= 4 is 11.5 Å². The van der Waals surface area contributed by atoms with Gasteiger partial charge in [0.2, 0.25) is 5.82 Å². The summed E-state index contributed by atoms with van der Waals surface area (Å²) in [5.74, 6) is 1.32. The highest BCUT2D eigenvalue weighted by atomic mass is 16.5. The van der Waals surface area contributed by atoms with Gasteiger partial charge in [-0.05, 0) is 31.2 Å². The van der Waals surface area contributed by atoms with Crippen LogP contribution in [0.15, 0.2) is 45.1 Å². The van der Waals surface area contributed by atoms with Crippen LogP contribution in [0, 0.1) is 6.92 Å². The molecule has 1 N–H and O–H groups in total. The fourth-order valence-corrected chi connectivity index (χ4v) is 1.03. The van der Waals surface area contributed by atoms with Gasteiger partial charge in [-0.3, -0.25) is 0 Å². The molecular formula is C10H9N3O2. The van der Waals surface area contributed by atoms with Crippen molar-refractivity contribution in [2.24, 2.45) is 10.2 Å². The summed E-state index contributed by atoms with van der Waals surface area (Å²) < 4.78 is 4.83. The molecular weight excluding hydrogens is 194 g/mol. The lowest BCUT2D eigenvalue weighted by Crippen LogP contribution is -1.64. The van der Waals surface area contributed by atoms with Gasteiger partial charge >= 0.3 is 0 Å². The van der Waals surface area contributed by atoms with E-state index < -0.39 is 0 Å². The van der Waals surface area contributed by atoms with Crippen LogP contribution in [-0.2, 0) is 0 Å². The van der Waals surface area contributed by atoms with Gasteiger partial charge < -0.3 is 9.63 Å². The second-order valence-corrected chi connectivity index (χ2v) is 3.01. The van der Waals surface area contributed by atoms with E-state index >= 15 is 0 Å². The molecule has 0 saturated heterocycles. The minimum atomic E-state index is 0.200. The summed E-state index contributed by atoms with van der Waals surface area (Å²) in [6, 6.07) is 8.09. The molecule has 2 aromatic rings. The van der Waals surface area contributed by atoms with E-state index in [4.69, 9.17) is 9.63 Å². The molecule has 0 radical (unpaired) electrons. The van der Waals surface area contributed by atoms with E-state index in [-0.39, 0.29) is 5.75 Å². The number of phenols is 1. The topological polar surface area (TPSA) is 71.0 Å². The molecule has 5 heteroatoms. The van der Waals surface area contributed by atoms with Crippen LogP contribution in [0.5, 0.6) is 5.75 Å². The van der Waals surface area contributed by atoms with Crippen molar-refractivity contribution in [3.63, 3.8) is 0 Å². The Morgan fingerprint density at radius 3 is 2.53 bits per heavy atom. The van der Waals surface area contributed by atoms with Crippen molar-refractivity contribution in [3.8, 4) is 5.75 Å². The maximum absolute atomic E-state index is 9.05. The third kappa shape index (κ3) is 2.40. The number of nitrogens with zero attached hydrogens (tertiary/aromatic N) is 3. The number of phenolic OH excluding ortho intramolecular Hbond substituents is 1. The molecule has 0 aliphatic rings. The van der Waals surface area contributed by atoms with Crippen LogP contribution in [0.25, 0.3) is 0 Å². The van der Waals surface area contributed by atoms with Crippen molar-refractivity contribution in [2.45, 2.75) is 6.92 Å². The van der Waals surface area contributed by atoms with Gasteiger partial charge in [-0.15, -0.1) is 10.2 Å². The normalized spacial score (nSPS) is 11.0. The lowest BCUT2D eigenvalue weighted by atomic mass is 10.3. The Morgan fingerprint density at radius 2 is 1.93 bits per heavy atom. The van der Waals surface area contributed by atoms with E-state index in [0.29, 0.717) is 17.3 Å². The number of aromatic nitrogens is 1. The molecule has 0 unspecified atom stereocenters. The number of aryl methyl sites for hydroxylation is 1. The van der Waals surface area contributed by atoms with Crippen LogP contribution in [0.3, 0.4) is 0 Å². The predicted molar refractivity (Wildman–Crippen MR) is 53.5 cm³/mol. The van der Waals surface area contributed by atoms with Crippen LogP contribution >= 0.6 is 0 Å². The number of hydrogen-bond acceptors (Lipinski definition) is 5. The Morgan fingerprint density at radius 1 is 1.20 bits per heavy atom. The highest BCUT2D eigenvalue weighted by molar-refractivity contribution is 5.40. The largest absolute Gasteiger partial charge is 0.508 e. The quantitative estimate of drug-likeness (QED) is 0.762. The first-order valence-corrected chi connectivity index (χ1v) is 4.38. The van der Waals surface area contributed by atoms with Crippen molar-refractivity contribution in [1.29, 1.82) is 0 Å². The Balaban J connectivity index is 2.14. The predicted octanol–water partition coefficient (Wildman–Crippen LogP) is 3.10. The van der Waals surface area contributed by atoms with E-state index in [2.05, 4.69) is 15.4 Å². The first-order valence-electron chi connectivity index (χ1n) is 4.38. The van der Waals surface area contributed by atoms with Gasteiger partial charge in [0.15, 0.2) is 0 Å². The van der Waals surface area contributed by atoms with E-state index in [9.17, 15) is 0 Å². The lowest BCUT2D eigenvalue weighted by molar-refractivity contribution is 0.399. The number of benzene rings is 1. The second kappa shape index (κ2) is 3.91. The molecule has 1 aromatic heterocycles. The number of aromatic hydroxyl groups is 1. The maximum Gasteiger partial charge on any atom is 0.216 e. The van der Waals surface area contributed by atoms with Gasteiger partial charge in [-0.25, -0.2) is 0 Å². The van der Waals surface area contributed by atoms with Crippen LogP contribution in [0.1, 0.15) is 5.76 Å². The Kier molecular flexibility index (Phi) is 2.45. The zero-order valence-corrected chi connectivity index (χ0v) is 8.08. The third-order valence-electron chi connectivity index (χ3n) is 1.73. The molecule has 0 saturated carbocycles. The zero-order valence-electron chi connectivity index (χ0n) is 8.08. The fourth-order valence-electron chi connectivity index (χ4n) is 1.03. The van der Waals surface area contributed by atoms with Crippen LogP contribution < -0.4 is 0 Å². The molecule has 0 fully saturated rings. The highest BCUT2D eigenvalue weighted by Crippen LogP contribution is 2.19. The van der Waals surface area contributed by atoms with Gasteiger partial charge in [0.25, 0.3) is 0 Å². The molecule has 76 valence electrons. The maximum atomic E-state index is 9.05. The van der Waals surface area contributed by atoms with Crippen LogP contribution in [-0.4, -0.2) is 10.3 Å². The Labute approximate surface area is 86.1 Å². The second-order valence-electron chi connectivity index (χ2n) is 3.01. The Hall–Kier alpha value is -2.17. The average Bonchev–Trinajstić information content (AvgIpc) is 2.64. The number of hydrogen-bond donors (Lipinski definition) is 1. The monoisotopic (exact) mass is 203 g/mol. The molecule has 0 aliphatic heterocycles. The molecule has 1 aromatic carbocycles. The molecule has 0 aliphatic carbocycles. The van der Waals surface area contributed by atoms with Gasteiger partial charge in [-0.1, -0.05) is 5.16 Å². The first-order chi connectivity index (χ1) is 7.24. The Bertz CT molecular complexity index is 474. The highest BCUT2D eigenvalue weighted by Gasteiger charge is 1.97. The van der Waals surface area contributed by atoms with E-state index in [1.165, 1.54) is 0 Å². The summed E-state index contributed by atoms with van der Waals surface area (Å²) in [5, 5.41) is 20.5. The van der Waals surface area contributed by atoms with Gasteiger partial charge in [-0.2, -0.15) is 0 Å². The molecule has 15 heavy (non-hydrogen) atoms. The molecule has 0 amide bonds. The van der Waals surface area contributed by atoms with E-state index in [0.717, 1.165) is 0 Å². The van der Waals surface area contributed by atoms with E-state index in [1.807, 2.05) is 0 Å². The summed E-state index contributed by atoms with van der Waals surface area (Å²) in [6.07, 6.45) is 0. The SMILES string of the molecule is Cc1cc(N=Nc2ccc(O)cc2)no1. The zero-order chi connectivity index (χ0) is 10.7. The molecule has 0 bridgehead atoms. The molecule has 0 atom stereocenters. The number of rotatable bonds is 2. The van der Waals surface area contributed by atoms with Crippen molar-refractivity contribution in [3.05, 3.63) is 36.1 Å². The number of azo groups is 1. The standard InChI is InChI=1S/C10H9N3O2/c1-7-6-10(13-15-7)12-11-8-2-4-9(14)5-3-8/h2-6,14H,1H3. The molecule has 1 heterocycles. The van der Waals surface area contributed by atoms with E-state index in [1.54, 1.807) is 37.3 Å². The van der Waals surface area contributed by atoms with Gasteiger partial charge in [0.05, 0.1) is 5.69 Å². The van der Waals surface area contributed by atoms with Crippen molar-refractivity contribution in [2.75, 3.05) is 0 Å². The van der Waals surface area contributed by atoms with Gasteiger partial charge in [0.1, 0.15) is 11.5 Å². The third-order valence-corrected chi connectivity index (χ3v) is 1.73. The molecule has 0 spiro atoms. The molecule has 2 rings (SSSR count). The van der Waals surface area contributed by atoms with Crippen LogP contribution in [0.4, 0.5) is 11.5 Å². The summed E-state index contributed by atoms with van der Waals surface area (Å²) in [6.45, 7) is 1.78. The summed E-state index contributed by atoms with van der Waals surface area (Å²) in [4.78, 5) is 0. The lowest BCUT2D eigenvalue weighted by Gasteiger charge is -1.91. The summed E-state index contributed by atoms with van der Waals surface area (Å²) in [5.41, 5.74) is 0.647. The summed E-state index contributed by atoms with van der Waals surface area (Å²) >= 11 is 0. The minimum Gasteiger partial charge on any atom is -0.508 e. The van der Waals surface area contributed by atoms with Crippen LogP contribution in [0.2, 0.25) is 0 Å².